The van der Waals surface area contributed by atoms with Gasteiger partial charge in [0.1, 0.15) is 0 Å². The molecule has 0 aromatic heterocycles. The molecule has 1 rings (SSSR count). The molecular weight excluding hydrogens is 300 g/mol. The molecule has 1 saturated carbocycles. The Morgan fingerprint density at radius 1 is 1.17 bits per heavy atom. The molecule has 0 aromatic rings. The van der Waals surface area contributed by atoms with E-state index in [9.17, 15) is 14.4 Å². The molecule has 0 aliphatic heterocycles. The van der Waals surface area contributed by atoms with Gasteiger partial charge in [0, 0.05) is 11.5 Å². The molecule has 23 heavy (non-hydrogen) atoms. The fraction of sp³-hybridized carbons (Fsp3) is 0.588. The van der Waals surface area contributed by atoms with Crippen LogP contribution in [0.15, 0.2) is 24.3 Å². The zero-order chi connectivity index (χ0) is 17.7. The lowest BCUT2D eigenvalue weighted by Gasteiger charge is -2.26. The average molecular weight is 324 g/mol. The molecule has 0 aromatic carbocycles. The Morgan fingerprint density at radius 2 is 1.70 bits per heavy atom. The highest BCUT2D eigenvalue weighted by molar-refractivity contribution is 6.01. The van der Waals surface area contributed by atoms with E-state index in [0.717, 1.165) is 0 Å². The summed E-state index contributed by atoms with van der Waals surface area (Å²) in [4.78, 5) is 36.6. The summed E-state index contributed by atoms with van der Waals surface area (Å²) in [6.45, 7) is 9.24. The van der Waals surface area contributed by atoms with Crippen molar-refractivity contribution in [1.29, 1.82) is 0 Å². The maximum absolute atomic E-state index is 12.5. The SMILES string of the molecule is C=C[C@]1(C)CC(C(=O)OCC)(C(=O)OCC)C/C1=C\C(=O)OC. The second-order valence-electron chi connectivity index (χ2n) is 5.69. The standard InChI is InChI=1S/C17H24O6/c1-6-16(4)11-17(14(19)22-7-2,15(20)23-8-3)10-12(16)9-13(18)21-5/h6,9H,1,7-8,10-11H2,2-5H3/b12-9+/t16-/m1/s1. The first-order valence-electron chi connectivity index (χ1n) is 7.56. The van der Waals surface area contributed by atoms with Gasteiger partial charge in [0.05, 0.1) is 20.3 Å². The van der Waals surface area contributed by atoms with E-state index in [1.54, 1.807) is 19.9 Å². The van der Waals surface area contributed by atoms with E-state index in [-0.39, 0.29) is 26.1 Å². The summed E-state index contributed by atoms with van der Waals surface area (Å²) < 4.78 is 14.8. The molecule has 1 fully saturated rings. The molecule has 0 radical (unpaired) electrons. The number of hydrogen-bond donors (Lipinski definition) is 0. The predicted molar refractivity (Wildman–Crippen MR) is 83.3 cm³/mol. The van der Waals surface area contributed by atoms with Gasteiger partial charge in [-0.15, -0.1) is 6.58 Å². The molecule has 1 aliphatic carbocycles. The van der Waals surface area contributed by atoms with Crippen LogP contribution in [0.3, 0.4) is 0 Å². The molecule has 1 aliphatic rings. The minimum Gasteiger partial charge on any atom is -0.466 e. The Morgan fingerprint density at radius 3 is 2.09 bits per heavy atom. The van der Waals surface area contributed by atoms with Gasteiger partial charge in [-0.05, 0) is 26.7 Å². The molecule has 0 N–H and O–H groups in total. The molecule has 0 spiro atoms. The molecular formula is C17H24O6. The van der Waals surface area contributed by atoms with Crippen molar-refractivity contribution in [3.8, 4) is 0 Å². The van der Waals surface area contributed by atoms with Crippen LogP contribution in [0.25, 0.3) is 0 Å². The van der Waals surface area contributed by atoms with Crippen LogP contribution in [-0.4, -0.2) is 38.2 Å². The first-order chi connectivity index (χ1) is 10.8. The van der Waals surface area contributed by atoms with Crippen LogP contribution >= 0.6 is 0 Å². The third-order valence-electron chi connectivity index (χ3n) is 4.17. The minimum atomic E-state index is -1.46. The number of ether oxygens (including phenoxy) is 3. The predicted octanol–water partition coefficient (Wildman–Crippen LogP) is 2.18. The molecule has 0 saturated heterocycles. The zero-order valence-corrected chi connectivity index (χ0v) is 14.1. The Balaban J connectivity index is 3.36. The smallest absolute Gasteiger partial charge is 0.330 e. The third-order valence-corrected chi connectivity index (χ3v) is 4.17. The number of carbonyl (C=O) groups excluding carboxylic acids is 3. The van der Waals surface area contributed by atoms with Gasteiger partial charge in [-0.25, -0.2) is 4.79 Å². The summed E-state index contributed by atoms with van der Waals surface area (Å²) in [6, 6.07) is 0. The average Bonchev–Trinajstić information content (AvgIpc) is 2.82. The van der Waals surface area contributed by atoms with Gasteiger partial charge in [-0.3, -0.25) is 9.59 Å². The van der Waals surface area contributed by atoms with Crippen LogP contribution in [-0.2, 0) is 28.6 Å². The van der Waals surface area contributed by atoms with E-state index < -0.39 is 28.7 Å². The lowest BCUT2D eigenvalue weighted by atomic mass is 9.80. The highest BCUT2D eigenvalue weighted by atomic mass is 16.6. The van der Waals surface area contributed by atoms with Crippen LogP contribution in [0.2, 0.25) is 0 Å². The number of hydrogen-bond acceptors (Lipinski definition) is 6. The van der Waals surface area contributed by atoms with Gasteiger partial charge in [0.25, 0.3) is 0 Å². The van der Waals surface area contributed by atoms with Gasteiger partial charge >= 0.3 is 17.9 Å². The van der Waals surface area contributed by atoms with Crippen LogP contribution < -0.4 is 0 Å². The van der Waals surface area contributed by atoms with Crippen molar-refractivity contribution in [3.05, 3.63) is 24.3 Å². The summed E-state index contributed by atoms with van der Waals surface area (Å²) in [5.41, 5.74) is -1.57. The van der Waals surface area contributed by atoms with Gasteiger partial charge in [0.2, 0.25) is 0 Å². The van der Waals surface area contributed by atoms with Crippen molar-refractivity contribution in [2.24, 2.45) is 10.8 Å². The topological polar surface area (TPSA) is 78.9 Å². The van der Waals surface area contributed by atoms with Crippen molar-refractivity contribution >= 4 is 17.9 Å². The van der Waals surface area contributed by atoms with Crippen molar-refractivity contribution in [2.75, 3.05) is 20.3 Å². The molecule has 128 valence electrons. The summed E-state index contributed by atoms with van der Waals surface area (Å²) in [6.07, 6.45) is 3.12. The zero-order valence-electron chi connectivity index (χ0n) is 14.1. The van der Waals surface area contributed by atoms with Crippen molar-refractivity contribution in [2.45, 2.75) is 33.6 Å². The molecule has 0 amide bonds. The molecule has 1 atom stereocenters. The Bertz CT molecular complexity index is 515. The summed E-state index contributed by atoms with van der Waals surface area (Å²) in [5.74, 6) is -1.82. The second kappa shape index (κ2) is 7.44. The van der Waals surface area contributed by atoms with Crippen LogP contribution in [0.1, 0.15) is 33.6 Å². The fourth-order valence-corrected chi connectivity index (χ4v) is 2.86. The molecule has 6 heteroatoms. The molecule has 0 unspecified atom stereocenters. The van der Waals surface area contributed by atoms with Crippen molar-refractivity contribution in [3.63, 3.8) is 0 Å². The highest BCUT2D eigenvalue weighted by Crippen LogP contribution is 2.54. The van der Waals surface area contributed by atoms with Gasteiger partial charge in [0.15, 0.2) is 5.41 Å². The molecule has 0 bridgehead atoms. The number of rotatable bonds is 6. The van der Waals surface area contributed by atoms with E-state index in [2.05, 4.69) is 11.3 Å². The summed E-state index contributed by atoms with van der Waals surface area (Å²) in [5, 5.41) is 0. The van der Waals surface area contributed by atoms with Gasteiger partial charge in [-0.1, -0.05) is 18.6 Å². The summed E-state index contributed by atoms with van der Waals surface area (Å²) in [7, 11) is 1.27. The number of esters is 3. The van der Waals surface area contributed by atoms with E-state index in [1.165, 1.54) is 13.2 Å². The number of allylic oxidation sites excluding steroid dienone is 2. The van der Waals surface area contributed by atoms with Crippen molar-refractivity contribution < 1.29 is 28.6 Å². The normalized spacial score (nSPS) is 24.1. The van der Waals surface area contributed by atoms with E-state index >= 15 is 0 Å². The van der Waals surface area contributed by atoms with E-state index in [1.807, 2.05) is 6.92 Å². The first kappa shape index (κ1) is 18.9. The first-order valence-corrected chi connectivity index (χ1v) is 7.56. The van der Waals surface area contributed by atoms with E-state index in [0.29, 0.717) is 5.57 Å². The van der Waals surface area contributed by atoms with Crippen molar-refractivity contribution in [1.82, 2.24) is 0 Å². The Kier molecular flexibility index (Phi) is 6.12. The van der Waals surface area contributed by atoms with E-state index in [4.69, 9.17) is 9.47 Å². The third kappa shape index (κ3) is 3.63. The van der Waals surface area contributed by atoms with Gasteiger partial charge in [-0.2, -0.15) is 0 Å². The van der Waals surface area contributed by atoms with Crippen LogP contribution in [0.4, 0.5) is 0 Å². The Hall–Kier alpha value is -2.11. The lowest BCUT2D eigenvalue weighted by molar-refractivity contribution is -0.172. The monoisotopic (exact) mass is 324 g/mol. The lowest BCUT2D eigenvalue weighted by Crippen LogP contribution is -2.40. The number of methoxy groups -OCH3 is 1. The maximum Gasteiger partial charge on any atom is 0.330 e. The largest absolute Gasteiger partial charge is 0.466 e. The van der Waals surface area contributed by atoms with Gasteiger partial charge < -0.3 is 14.2 Å². The van der Waals surface area contributed by atoms with Crippen LogP contribution in [0.5, 0.6) is 0 Å². The summed E-state index contributed by atoms with van der Waals surface area (Å²) >= 11 is 0. The quantitative estimate of drug-likeness (QED) is 0.245. The minimum absolute atomic E-state index is 0.0439. The highest BCUT2D eigenvalue weighted by Gasteiger charge is 2.59. The van der Waals surface area contributed by atoms with Crippen LogP contribution in [0, 0.1) is 10.8 Å². The number of carbonyl (C=O) groups is 3. The molecule has 6 nitrogen and oxygen atoms in total. The second-order valence-corrected chi connectivity index (χ2v) is 5.69. The maximum atomic E-state index is 12.5. The Labute approximate surface area is 136 Å². The fourth-order valence-electron chi connectivity index (χ4n) is 2.86. The molecule has 0 heterocycles.